The van der Waals surface area contributed by atoms with Gasteiger partial charge in [-0.05, 0) is 36.9 Å². The van der Waals surface area contributed by atoms with Gasteiger partial charge in [0.25, 0.3) is 0 Å². The first kappa shape index (κ1) is 15.1. The van der Waals surface area contributed by atoms with Gasteiger partial charge in [-0.15, -0.1) is 0 Å². The number of para-hydroxylation sites is 1. The van der Waals surface area contributed by atoms with Crippen LogP contribution in [0.1, 0.15) is 37.7 Å². The van der Waals surface area contributed by atoms with Crippen molar-refractivity contribution in [3.05, 3.63) is 36.0 Å². The number of aliphatic carboxylic acids is 1. The van der Waals surface area contributed by atoms with Crippen LogP contribution in [0.5, 0.6) is 0 Å². The smallest absolute Gasteiger partial charge is 0.321 e. The highest BCUT2D eigenvalue weighted by Gasteiger charge is 2.21. The number of carbonyl (C=O) groups is 1. The van der Waals surface area contributed by atoms with Crippen LogP contribution >= 0.6 is 0 Å². The lowest BCUT2D eigenvalue weighted by atomic mass is 9.89. The summed E-state index contributed by atoms with van der Waals surface area (Å²) in [7, 11) is 0. The maximum atomic E-state index is 11.6. The van der Waals surface area contributed by atoms with E-state index in [4.69, 9.17) is 0 Å². The van der Waals surface area contributed by atoms with E-state index in [1.165, 1.54) is 32.1 Å². The Balaban J connectivity index is 1.65. The molecule has 1 saturated carbocycles. The minimum absolute atomic E-state index is 0.513. The normalized spacial score (nSPS) is 17.6. The number of fused-ring (bicyclic) bond motifs is 1. The van der Waals surface area contributed by atoms with E-state index in [0.29, 0.717) is 12.3 Å². The van der Waals surface area contributed by atoms with Crippen LogP contribution in [0.25, 0.3) is 10.9 Å². The Morgan fingerprint density at radius 1 is 1.27 bits per heavy atom. The molecule has 0 radical (unpaired) electrons. The molecule has 1 fully saturated rings. The van der Waals surface area contributed by atoms with Gasteiger partial charge in [0.15, 0.2) is 0 Å². The molecular weight excluding hydrogens is 276 g/mol. The summed E-state index contributed by atoms with van der Waals surface area (Å²) < 4.78 is 0. The molecule has 1 atom stereocenters. The minimum atomic E-state index is -0.763. The van der Waals surface area contributed by atoms with Crippen molar-refractivity contribution in [3.63, 3.8) is 0 Å². The lowest BCUT2D eigenvalue weighted by Gasteiger charge is -2.24. The van der Waals surface area contributed by atoms with Gasteiger partial charge in [0.05, 0.1) is 0 Å². The van der Waals surface area contributed by atoms with Gasteiger partial charge in [-0.3, -0.25) is 4.79 Å². The zero-order valence-electron chi connectivity index (χ0n) is 12.8. The van der Waals surface area contributed by atoms with Crippen molar-refractivity contribution in [1.82, 2.24) is 10.3 Å². The summed E-state index contributed by atoms with van der Waals surface area (Å²) in [5.74, 6) is -0.125. The number of hydrogen-bond acceptors (Lipinski definition) is 2. The lowest BCUT2D eigenvalue weighted by Crippen LogP contribution is -2.41. The zero-order valence-corrected chi connectivity index (χ0v) is 12.8. The van der Waals surface area contributed by atoms with Gasteiger partial charge in [-0.2, -0.15) is 0 Å². The number of H-pyrrole nitrogens is 1. The number of aromatic amines is 1. The molecular formula is C18H24N2O2. The molecule has 4 heteroatoms. The summed E-state index contributed by atoms with van der Waals surface area (Å²) >= 11 is 0. The standard InChI is InChI=1S/C18H24N2O2/c21-18(22)17(19-11-13-6-2-1-3-7-13)10-14-12-20-16-9-5-4-8-15(14)16/h4-5,8-9,12-13,17,19-20H,1-3,6-7,10-11H2,(H,21,22)/t17-/m0/s1. The molecule has 118 valence electrons. The quantitative estimate of drug-likeness (QED) is 0.766. The predicted octanol–water partition coefficient (Wildman–Crippen LogP) is 3.33. The van der Waals surface area contributed by atoms with Crippen LogP contribution in [0.2, 0.25) is 0 Å². The van der Waals surface area contributed by atoms with Gasteiger partial charge >= 0.3 is 5.97 Å². The Hall–Kier alpha value is -1.81. The minimum Gasteiger partial charge on any atom is -0.480 e. The number of aromatic nitrogens is 1. The van der Waals surface area contributed by atoms with Crippen molar-refractivity contribution in [2.24, 2.45) is 5.92 Å². The fraction of sp³-hybridized carbons (Fsp3) is 0.500. The van der Waals surface area contributed by atoms with Gasteiger partial charge in [0.2, 0.25) is 0 Å². The SMILES string of the molecule is O=C(O)[C@H](Cc1c[nH]c2ccccc12)NCC1CCCCC1. The third-order valence-electron chi connectivity index (χ3n) is 4.77. The van der Waals surface area contributed by atoms with Crippen molar-refractivity contribution >= 4 is 16.9 Å². The molecule has 0 aliphatic heterocycles. The second-order valence-electron chi connectivity index (χ2n) is 6.37. The summed E-state index contributed by atoms with van der Waals surface area (Å²) in [5, 5.41) is 13.9. The largest absolute Gasteiger partial charge is 0.480 e. The number of carboxylic acids is 1. The maximum Gasteiger partial charge on any atom is 0.321 e. The number of rotatable bonds is 6. The molecule has 1 aromatic heterocycles. The fourth-order valence-electron chi connectivity index (χ4n) is 3.47. The number of benzene rings is 1. The molecule has 0 spiro atoms. The highest BCUT2D eigenvalue weighted by molar-refractivity contribution is 5.84. The van der Waals surface area contributed by atoms with Crippen LogP contribution in [0.15, 0.2) is 30.5 Å². The predicted molar refractivity (Wildman–Crippen MR) is 88.0 cm³/mol. The van der Waals surface area contributed by atoms with Gasteiger partial charge in [0, 0.05) is 23.5 Å². The molecule has 22 heavy (non-hydrogen) atoms. The van der Waals surface area contributed by atoms with E-state index < -0.39 is 12.0 Å². The third kappa shape index (κ3) is 3.50. The first-order valence-corrected chi connectivity index (χ1v) is 8.25. The Morgan fingerprint density at radius 3 is 2.82 bits per heavy atom. The van der Waals surface area contributed by atoms with E-state index in [2.05, 4.69) is 10.3 Å². The molecule has 0 unspecified atom stereocenters. The summed E-state index contributed by atoms with van der Waals surface area (Å²) in [6.45, 7) is 0.819. The van der Waals surface area contributed by atoms with Gasteiger partial charge in [-0.25, -0.2) is 0 Å². The molecule has 3 rings (SSSR count). The first-order valence-electron chi connectivity index (χ1n) is 8.25. The molecule has 1 heterocycles. The highest BCUT2D eigenvalue weighted by atomic mass is 16.4. The van der Waals surface area contributed by atoms with E-state index in [1.54, 1.807) is 0 Å². The van der Waals surface area contributed by atoms with Crippen molar-refractivity contribution in [2.45, 2.75) is 44.6 Å². The molecule has 1 aromatic carbocycles. The highest BCUT2D eigenvalue weighted by Crippen LogP contribution is 2.23. The third-order valence-corrected chi connectivity index (χ3v) is 4.77. The number of nitrogens with one attached hydrogen (secondary N) is 2. The van der Waals surface area contributed by atoms with Crippen LogP contribution < -0.4 is 5.32 Å². The summed E-state index contributed by atoms with van der Waals surface area (Å²) in [4.78, 5) is 14.8. The van der Waals surface area contributed by atoms with Crippen LogP contribution in [0.4, 0.5) is 0 Å². The van der Waals surface area contributed by atoms with Gasteiger partial charge in [-0.1, -0.05) is 37.5 Å². The second kappa shape index (κ2) is 6.97. The van der Waals surface area contributed by atoms with Crippen LogP contribution in [-0.2, 0) is 11.2 Å². The van der Waals surface area contributed by atoms with Crippen molar-refractivity contribution in [3.8, 4) is 0 Å². The van der Waals surface area contributed by atoms with Crippen LogP contribution in [-0.4, -0.2) is 28.6 Å². The van der Waals surface area contributed by atoms with E-state index in [0.717, 1.165) is 23.0 Å². The van der Waals surface area contributed by atoms with E-state index in [1.807, 2.05) is 30.5 Å². The van der Waals surface area contributed by atoms with Crippen molar-refractivity contribution in [1.29, 1.82) is 0 Å². The molecule has 1 aliphatic rings. The molecule has 2 aromatic rings. The molecule has 0 amide bonds. The molecule has 3 N–H and O–H groups in total. The van der Waals surface area contributed by atoms with Crippen molar-refractivity contribution < 1.29 is 9.90 Å². The zero-order chi connectivity index (χ0) is 15.4. The molecule has 1 aliphatic carbocycles. The second-order valence-corrected chi connectivity index (χ2v) is 6.37. The Labute approximate surface area is 130 Å². The van der Waals surface area contributed by atoms with Crippen LogP contribution in [0.3, 0.4) is 0 Å². The fourth-order valence-corrected chi connectivity index (χ4v) is 3.47. The summed E-state index contributed by atoms with van der Waals surface area (Å²) in [5.41, 5.74) is 2.13. The Bertz CT molecular complexity index is 629. The Morgan fingerprint density at radius 2 is 2.05 bits per heavy atom. The number of carboxylic acid groups (broad SMARTS) is 1. The van der Waals surface area contributed by atoms with Crippen LogP contribution in [0, 0.1) is 5.92 Å². The van der Waals surface area contributed by atoms with Crippen molar-refractivity contribution in [2.75, 3.05) is 6.54 Å². The average Bonchev–Trinajstić information content (AvgIpc) is 2.95. The maximum absolute atomic E-state index is 11.6. The van der Waals surface area contributed by atoms with E-state index in [9.17, 15) is 9.90 Å². The first-order chi connectivity index (χ1) is 10.7. The molecule has 0 bridgehead atoms. The molecule has 0 saturated heterocycles. The average molecular weight is 300 g/mol. The van der Waals surface area contributed by atoms with Gasteiger partial charge in [0.1, 0.15) is 6.04 Å². The monoisotopic (exact) mass is 300 g/mol. The van der Waals surface area contributed by atoms with E-state index >= 15 is 0 Å². The topological polar surface area (TPSA) is 65.1 Å². The molecule has 4 nitrogen and oxygen atoms in total. The van der Waals surface area contributed by atoms with E-state index in [-0.39, 0.29) is 0 Å². The lowest BCUT2D eigenvalue weighted by molar-refractivity contribution is -0.139. The summed E-state index contributed by atoms with van der Waals surface area (Å²) in [6, 6.07) is 7.52. The Kier molecular flexibility index (Phi) is 4.78. The number of hydrogen-bond donors (Lipinski definition) is 3. The summed E-state index contributed by atoms with van der Waals surface area (Å²) in [6.07, 6.45) is 8.81. The van der Waals surface area contributed by atoms with Gasteiger partial charge < -0.3 is 15.4 Å².